The van der Waals surface area contributed by atoms with Gasteiger partial charge < -0.3 is 19.5 Å². The van der Waals surface area contributed by atoms with Gasteiger partial charge in [0.2, 0.25) is 0 Å². The second-order valence-corrected chi connectivity index (χ2v) is 8.64. The minimum atomic E-state index is -4.34. The maximum atomic E-state index is 12.9. The molecule has 0 bridgehead atoms. The van der Waals surface area contributed by atoms with Crippen LogP contribution in [0.2, 0.25) is 0 Å². The van der Waals surface area contributed by atoms with Crippen LogP contribution in [0.3, 0.4) is 0 Å². The van der Waals surface area contributed by atoms with Gasteiger partial charge in [0, 0.05) is 38.4 Å². The van der Waals surface area contributed by atoms with E-state index in [2.05, 4.69) is 30.9 Å². The quantitative estimate of drug-likeness (QED) is 0.526. The van der Waals surface area contributed by atoms with Crippen molar-refractivity contribution in [2.24, 2.45) is 0 Å². The Morgan fingerprint density at radius 2 is 1.67 bits per heavy atom. The third kappa shape index (κ3) is 7.91. The number of hydrogen-bond donors (Lipinski definition) is 1. The van der Waals surface area contributed by atoms with E-state index in [1.165, 1.54) is 17.7 Å². The first-order valence-electron chi connectivity index (χ1n) is 11.4. The van der Waals surface area contributed by atoms with Gasteiger partial charge in [-0.1, -0.05) is 32.0 Å². The molecule has 1 aliphatic heterocycles. The van der Waals surface area contributed by atoms with E-state index in [-0.39, 0.29) is 6.61 Å². The monoisotopic (exact) mass is 466 g/mol. The molecule has 0 unspecified atom stereocenters. The molecule has 1 aliphatic rings. The van der Waals surface area contributed by atoms with Gasteiger partial charge in [-0.25, -0.2) is 0 Å². The predicted octanol–water partition coefficient (Wildman–Crippen LogP) is 4.41. The van der Waals surface area contributed by atoms with Crippen molar-refractivity contribution in [2.75, 3.05) is 57.4 Å². The zero-order valence-electron chi connectivity index (χ0n) is 19.2. The SMILES string of the molecule is CC(C)c1ccc(OCCOC[C@@H](O)CN2CCN(c3cccc(C(F)(F)F)c3)CC2)cc1. The Kier molecular flexibility index (Phi) is 9.00. The molecule has 2 aromatic rings. The van der Waals surface area contributed by atoms with E-state index in [1.54, 1.807) is 6.07 Å². The lowest BCUT2D eigenvalue weighted by Crippen LogP contribution is -2.49. The summed E-state index contributed by atoms with van der Waals surface area (Å²) in [7, 11) is 0. The molecule has 0 amide bonds. The fraction of sp³-hybridized carbons (Fsp3) is 0.520. The summed E-state index contributed by atoms with van der Waals surface area (Å²) in [6, 6.07) is 13.4. The van der Waals surface area contributed by atoms with Crippen LogP contribution < -0.4 is 9.64 Å². The molecule has 2 aromatic carbocycles. The maximum Gasteiger partial charge on any atom is 0.416 e. The Bertz CT molecular complexity index is 851. The molecule has 1 saturated heterocycles. The molecular formula is C25H33F3N2O3. The van der Waals surface area contributed by atoms with Crippen molar-refractivity contribution in [3.05, 3.63) is 59.7 Å². The van der Waals surface area contributed by atoms with E-state index >= 15 is 0 Å². The zero-order chi connectivity index (χ0) is 23.8. The smallest absolute Gasteiger partial charge is 0.416 e. The van der Waals surface area contributed by atoms with E-state index in [0.717, 1.165) is 11.8 Å². The minimum absolute atomic E-state index is 0.212. The lowest BCUT2D eigenvalue weighted by Gasteiger charge is -2.37. The van der Waals surface area contributed by atoms with E-state index < -0.39 is 17.8 Å². The molecule has 0 radical (unpaired) electrons. The number of ether oxygens (including phenoxy) is 2. The van der Waals surface area contributed by atoms with Crippen molar-refractivity contribution < 1.29 is 27.8 Å². The minimum Gasteiger partial charge on any atom is -0.491 e. The predicted molar refractivity (Wildman–Crippen MR) is 123 cm³/mol. The van der Waals surface area contributed by atoms with Gasteiger partial charge in [-0.15, -0.1) is 0 Å². The van der Waals surface area contributed by atoms with Crippen LogP contribution in [0.5, 0.6) is 5.75 Å². The topological polar surface area (TPSA) is 45.2 Å². The Hall–Kier alpha value is -2.29. The molecule has 182 valence electrons. The first-order valence-corrected chi connectivity index (χ1v) is 11.4. The van der Waals surface area contributed by atoms with Gasteiger partial charge in [0.05, 0.1) is 24.9 Å². The highest BCUT2D eigenvalue weighted by Crippen LogP contribution is 2.31. The molecule has 5 nitrogen and oxygen atoms in total. The number of piperazine rings is 1. The van der Waals surface area contributed by atoms with Crippen LogP contribution in [0.4, 0.5) is 18.9 Å². The van der Waals surface area contributed by atoms with Crippen molar-refractivity contribution in [3.8, 4) is 5.75 Å². The van der Waals surface area contributed by atoms with Gasteiger partial charge >= 0.3 is 6.18 Å². The maximum absolute atomic E-state index is 12.9. The van der Waals surface area contributed by atoms with Crippen LogP contribution in [0.1, 0.15) is 30.9 Å². The van der Waals surface area contributed by atoms with Gasteiger partial charge in [0.15, 0.2) is 0 Å². The number of rotatable bonds is 10. The number of hydrogen-bond acceptors (Lipinski definition) is 5. The normalized spacial score (nSPS) is 16.3. The number of β-amino-alcohol motifs (C(OH)–C–C–N with tert-alkyl or cyclic N) is 1. The number of halogens is 3. The number of nitrogens with zero attached hydrogens (tertiary/aromatic N) is 2. The lowest BCUT2D eigenvalue weighted by atomic mass is 10.0. The molecule has 1 N–H and O–H groups in total. The fourth-order valence-electron chi connectivity index (χ4n) is 3.81. The summed E-state index contributed by atoms with van der Waals surface area (Å²) in [4.78, 5) is 4.05. The number of aliphatic hydroxyl groups is 1. The summed E-state index contributed by atoms with van der Waals surface area (Å²) in [6.07, 6.45) is -4.97. The summed E-state index contributed by atoms with van der Waals surface area (Å²) in [5.41, 5.74) is 1.20. The molecule has 0 spiro atoms. The van der Waals surface area contributed by atoms with Crippen molar-refractivity contribution in [1.29, 1.82) is 0 Å². The van der Waals surface area contributed by atoms with Crippen LogP contribution in [0, 0.1) is 0 Å². The van der Waals surface area contributed by atoms with Gasteiger partial charge in [0.25, 0.3) is 0 Å². The number of aliphatic hydroxyl groups excluding tert-OH is 1. The fourth-order valence-corrected chi connectivity index (χ4v) is 3.81. The third-order valence-electron chi connectivity index (χ3n) is 5.73. The first-order chi connectivity index (χ1) is 15.7. The molecule has 3 rings (SSSR count). The largest absolute Gasteiger partial charge is 0.491 e. The second kappa shape index (κ2) is 11.7. The highest BCUT2D eigenvalue weighted by atomic mass is 19.4. The van der Waals surface area contributed by atoms with Gasteiger partial charge in [-0.2, -0.15) is 13.2 Å². The standard InChI is InChI=1S/C25H33F3N2O3/c1-19(2)20-6-8-24(9-7-20)33-15-14-32-18-23(31)17-29-10-12-30(13-11-29)22-5-3-4-21(16-22)25(26,27)28/h3-9,16,19,23,31H,10-15,17-18H2,1-2H3/t23-/m0/s1. The third-order valence-corrected chi connectivity index (χ3v) is 5.73. The van der Waals surface area contributed by atoms with Crippen LogP contribution in [-0.2, 0) is 10.9 Å². The number of anilines is 1. The van der Waals surface area contributed by atoms with E-state index in [0.29, 0.717) is 57.5 Å². The van der Waals surface area contributed by atoms with Crippen LogP contribution >= 0.6 is 0 Å². The average molecular weight is 467 g/mol. The summed E-state index contributed by atoms with van der Waals surface area (Å²) >= 11 is 0. The van der Waals surface area contributed by atoms with Crippen molar-refractivity contribution in [1.82, 2.24) is 4.90 Å². The molecule has 0 saturated carbocycles. The van der Waals surface area contributed by atoms with Crippen molar-refractivity contribution in [3.63, 3.8) is 0 Å². The number of alkyl halides is 3. The highest BCUT2D eigenvalue weighted by molar-refractivity contribution is 5.49. The van der Waals surface area contributed by atoms with Crippen LogP contribution in [0.15, 0.2) is 48.5 Å². The Morgan fingerprint density at radius 1 is 0.970 bits per heavy atom. The molecule has 8 heteroatoms. The first kappa shape index (κ1) is 25.3. The molecule has 33 heavy (non-hydrogen) atoms. The van der Waals surface area contributed by atoms with E-state index in [1.807, 2.05) is 17.0 Å². The average Bonchev–Trinajstić information content (AvgIpc) is 2.79. The van der Waals surface area contributed by atoms with E-state index in [9.17, 15) is 18.3 Å². The molecule has 0 aliphatic carbocycles. The van der Waals surface area contributed by atoms with Gasteiger partial charge in [-0.3, -0.25) is 4.90 Å². The van der Waals surface area contributed by atoms with Crippen molar-refractivity contribution in [2.45, 2.75) is 32.0 Å². The summed E-state index contributed by atoms with van der Waals surface area (Å²) < 4.78 is 50.0. The summed E-state index contributed by atoms with van der Waals surface area (Å²) in [5.74, 6) is 1.27. The summed E-state index contributed by atoms with van der Waals surface area (Å²) in [6.45, 7) is 8.31. The van der Waals surface area contributed by atoms with Gasteiger partial charge in [0.1, 0.15) is 12.4 Å². The van der Waals surface area contributed by atoms with Crippen LogP contribution in [0.25, 0.3) is 0 Å². The highest BCUT2D eigenvalue weighted by Gasteiger charge is 2.31. The molecule has 1 atom stereocenters. The Morgan fingerprint density at radius 3 is 2.30 bits per heavy atom. The summed E-state index contributed by atoms with van der Waals surface area (Å²) in [5, 5.41) is 10.3. The lowest BCUT2D eigenvalue weighted by molar-refractivity contribution is -0.137. The number of benzene rings is 2. The zero-order valence-corrected chi connectivity index (χ0v) is 19.2. The Labute approximate surface area is 193 Å². The molecule has 1 heterocycles. The Balaban J connectivity index is 1.31. The van der Waals surface area contributed by atoms with E-state index in [4.69, 9.17) is 9.47 Å². The van der Waals surface area contributed by atoms with Crippen molar-refractivity contribution >= 4 is 5.69 Å². The van der Waals surface area contributed by atoms with Gasteiger partial charge in [-0.05, 0) is 41.8 Å². The molecular weight excluding hydrogens is 433 g/mol. The molecule has 1 fully saturated rings. The molecule has 0 aromatic heterocycles. The van der Waals surface area contributed by atoms with Crippen LogP contribution in [-0.4, -0.2) is 68.7 Å². The second-order valence-electron chi connectivity index (χ2n) is 8.64.